The molecule has 1 heterocycles. The third-order valence-corrected chi connectivity index (χ3v) is 6.04. The van der Waals surface area contributed by atoms with E-state index in [0.717, 1.165) is 23.7 Å². The number of nitrogens with one attached hydrogen (secondary N) is 1. The first-order valence-electron chi connectivity index (χ1n) is 7.38. The average Bonchev–Trinajstić information content (AvgIpc) is 2.30. The Morgan fingerprint density at radius 3 is 2.69 bits per heavy atom. The van der Waals surface area contributed by atoms with Crippen LogP contribution in [0.5, 0.6) is 0 Å². The molecule has 4 atom stereocenters. The van der Waals surface area contributed by atoms with E-state index in [9.17, 15) is 0 Å². The van der Waals surface area contributed by atoms with Gasteiger partial charge in [-0.15, -0.1) is 0 Å². The van der Waals surface area contributed by atoms with Crippen LogP contribution >= 0.6 is 0 Å². The monoisotopic (exact) mass is 221 g/mol. The molecule has 3 saturated carbocycles. The average molecular weight is 221 g/mol. The van der Waals surface area contributed by atoms with Gasteiger partial charge < -0.3 is 5.32 Å². The fraction of sp³-hybridized carbons (Fsp3) is 1.00. The fourth-order valence-electron chi connectivity index (χ4n) is 4.80. The second kappa shape index (κ2) is 4.01. The van der Waals surface area contributed by atoms with Crippen LogP contribution in [0.25, 0.3) is 0 Å². The standard InChI is InChI=1S/C15H27N/c1-15(2)13-6-5-12(14(15)9-13)8-11-4-3-7-16-10-11/h11-14,16H,3-10H2,1-2H3. The van der Waals surface area contributed by atoms with E-state index >= 15 is 0 Å². The van der Waals surface area contributed by atoms with Crippen molar-refractivity contribution in [3.8, 4) is 0 Å². The number of hydrogen-bond donors (Lipinski definition) is 1. The van der Waals surface area contributed by atoms with E-state index in [1.807, 2.05) is 0 Å². The minimum atomic E-state index is 0.686. The molecule has 3 aliphatic carbocycles. The molecular formula is C15H27N. The highest BCUT2D eigenvalue weighted by molar-refractivity contribution is 5.03. The van der Waals surface area contributed by atoms with Crippen molar-refractivity contribution < 1.29 is 0 Å². The highest BCUT2D eigenvalue weighted by Crippen LogP contribution is 2.62. The van der Waals surface area contributed by atoms with Gasteiger partial charge in [-0.1, -0.05) is 13.8 Å². The van der Waals surface area contributed by atoms with Crippen molar-refractivity contribution in [2.45, 2.75) is 52.4 Å². The maximum Gasteiger partial charge on any atom is -0.00204 e. The van der Waals surface area contributed by atoms with Crippen molar-refractivity contribution >= 4 is 0 Å². The summed E-state index contributed by atoms with van der Waals surface area (Å²) < 4.78 is 0. The lowest BCUT2D eigenvalue weighted by atomic mass is 9.45. The van der Waals surface area contributed by atoms with Crippen LogP contribution in [0.4, 0.5) is 0 Å². The molecular weight excluding hydrogens is 194 g/mol. The van der Waals surface area contributed by atoms with Gasteiger partial charge >= 0.3 is 0 Å². The van der Waals surface area contributed by atoms with Gasteiger partial charge in [0.05, 0.1) is 0 Å². The second-order valence-electron chi connectivity index (χ2n) is 7.15. The molecule has 4 fully saturated rings. The topological polar surface area (TPSA) is 12.0 Å². The summed E-state index contributed by atoms with van der Waals surface area (Å²) in [7, 11) is 0. The number of piperidine rings is 1. The van der Waals surface area contributed by atoms with Crippen LogP contribution in [-0.2, 0) is 0 Å². The summed E-state index contributed by atoms with van der Waals surface area (Å²) in [4.78, 5) is 0. The van der Waals surface area contributed by atoms with E-state index in [4.69, 9.17) is 0 Å². The van der Waals surface area contributed by atoms with Crippen molar-refractivity contribution in [1.29, 1.82) is 0 Å². The first-order chi connectivity index (χ1) is 7.68. The Balaban J connectivity index is 1.58. The smallest absolute Gasteiger partial charge is 0.00204 e. The summed E-state index contributed by atoms with van der Waals surface area (Å²) >= 11 is 0. The van der Waals surface area contributed by atoms with Gasteiger partial charge in [-0.25, -0.2) is 0 Å². The molecule has 2 bridgehead atoms. The lowest BCUT2D eigenvalue weighted by Gasteiger charge is -2.60. The Kier molecular flexibility index (Phi) is 2.78. The lowest BCUT2D eigenvalue weighted by Crippen LogP contribution is -2.52. The van der Waals surface area contributed by atoms with Crippen LogP contribution in [0.3, 0.4) is 0 Å². The van der Waals surface area contributed by atoms with Crippen LogP contribution < -0.4 is 5.32 Å². The van der Waals surface area contributed by atoms with Crippen molar-refractivity contribution in [1.82, 2.24) is 5.32 Å². The Hall–Kier alpha value is -0.0400. The molecule has 0 radical (unpaired) electrons. The predicted molar refractivity (Wildman–Crippen MR) is 68.3 cm³/mol. The van der Waals surface area contributed by atoms with Crippen molar-refractivity contribution in [3.63, 3.8) is 0 Å². The van der Waals surface area contributed by atoms with Gasteiger partial charge in [-0.2, -0.15) is 0 Å². The summed E-state index contributed by atoms with van der Waals surface area (Å²) in [6.45, 7) is 7.61. The van der Waals surface area contributed by atoms with Crippen LogP contribution in [0.15, 0.2) is 0 Å². The summed E-state index contributed by atoms with van der Waals surface area (Å²) in [6, 6.07) is 0. The van der Waals surface area contributed by atoms with Gasteiger partial charge in [0, 0.05) is 0 Å². The maximum atomic E-state index is 3.57. The Morgan fingerprint density at radius 2 is 2.06 bits per heavy atom. The van der Waals surface area contributed by atoms with Crippen molar-refractivity contribution in [3.05, 3.63) is 0 Å². The van der Waals surface area contributed by atoms with Gasteiger partial charge in [0.15, 0.2) is 0 Å². The lowest BCUT2D eigenvalue weighted by molar-refractivity contribution is -0.110. The van der Waals surface area contributed by atoms with Crippen molar-refractivity contribution in [2.24, 2.45) is 29.1 Å². The van der Waals surface area contributed by atoms with Gasteiger partial charge in [0.2, 0.25) is 0 Å². The summed E-state index contributed by atoms with van der Waals surface area (Å²) in [5.41, 5.74) is 0.686. The van der Waals surface area contributed by atoms with E-state index in [2.05, 4.69) is 19.2 Å². The van der Waals surface area contributed by atoms with E-state index < -0.39 is 0 Å². The van der Waals surface area contributed by atoms with E-state index in [-0.39, 0.29) is 0 Å². The predicted octanol–water partition coefficient (Wildman–Crippen LogP) is 3.45. The third kappa shape index (κ3) is 1.72. The molecule has 0 aromatic heterocycles. The van der Waals surface area contributed by atoms with Gasteiger partial charge in [0.1, 0.15) is 0 Å². The highest BCUT2D eigenvalue weighted by atomic mass is 14.9. The van der Waals surface area contributed by atoms with Gasteiger partial charge in [-0.05, 0) is 80.7 Å². The van der Waals surface area contributed by atoms with Crippen molar-refractivity contribution in [2.75, 3.05) is 13.1 Å². The molecule has 4 unspecified atom stereocenters. The zero-order valence-electron chi connectivity index (χ0n) is 11.0. The van der Waals surface area contributed by atoms with Crippen LogP contribution in [0.1, 0.15) is 52.4 Å². The normalized spacial score (nSPS) is 46.1. The zero-order chi connectivity index (χ0) is 11.2. The number of rotatable bonds is 2. The summed E-state index contributed by atoms with van der Waals surface area (Å²) in [6.07, 6.45) is 9.03. The molecule has 92 valence electrons. The van der Waals surface area contributed by atoms with Crippen LogP contribution in [-0.4, -0.2) is 13.1 Å². The van der Waals surface area contributed by atoms with Gasteiger partial charge in [0.25, 0.3) is 0 Å². The molecule has 4 aliphatic rings. The molecule has 0 spiro atoms. The Morgan fingerprint density at radius 1 is 1.19 bits per heavy atom. The van der Waals surface area contributed by atoms with E-state index in [0.29, 0.717) is 5.41 Å². The van der Waals surface area contributed by atoms with E-state index in [1.165, 1.54) is 45.2 Å². The zero-order valence-corrected chi connectivity index (χ0v) is 11.0. The first-order valence-corrected chi connectivity index (χ1v) is 7.38. The molecule has 1 saturated heterocycles. The second-order valence-corrected chi connectivity index (χ2v) is 7.15. The van der Waals surface area contributed by atoms with Crippen LogP contribution in [0, 0.1) is 29.1 Å². The minimum absolute atomic E-state index is 0.686. The molecule has 1 nitrogen and oxygen atoms in total. The maximum absolute atomic E-state index is 3.57. The Labute approximate surface area is 100 Å². The molecule has 0 amide bonds. The largest absolute Gasteiger partial charge is 0.316 e. The quantitative estimate of drug-likeness (QED) is 0.753. The van der Waals surface area contributed by atoms with Gasteiger partial charge in [-0.3, -0.25) is 0 Å². The molecule has 0 aromatic carbocycles. The molecule has 4 rings (SSSR count). The minimum Gasteiger partial charge on any atom is -0.316 e. The molecule has 1 heteroatoms. The summed E-state index contributed by atoms with van der Waals surface area (Å²) in [5, 5.41) is 3.57. The fourth-order valence-corrected chi connectivity index (χ4v) is 4.80. The number of hydrogen-bond acceptors (Lipinski definition) is 1. The number of fused-ring (bicyclic) bond motifs is 2. The molecule has 1 aliphatic heterocycles. The summed E-state index contributed by atoms with van der Waals surface area (Å²) in [5.74, 6) is 4.18. The van der Waals surface area contributed by atoms with E-state index in [1.54, 1.807) is 6.42 Å². The van der Waals surface area contributed by atoms with Crippen LogP contribution in [0.2, 0.25) is 0 Å². The molecule has 0 aromatic rings. The highest BCUT2D eigenvalue weighted by Gasteiger charge is 2.54. The molecule has 16 heavy (non-hydrogen) atoms. The first kappa shape index (κ1) is 11.1. The molecule has 1 N–H and O–H groups in total. The SMILES string of the molecule is CC1(C)C2CCC(CC3CCCNC3)C1C2. The Bertz CT molecular complexity index is 250. The third-order valence-electron chi connectivity index (χ3n) is 6.04.